The van der Waals surface area contributed by atoms with Crippen molar-refractivity contribution in [1.82, 2.24) is 0 Å². The van der Waals surface area contributed by atoms with E-state index < -0.39 is 17.9 Å². The summed E-state index contributed by atoms with van der Waals surface area (Å²) in [6, 6.07) is 3.89. The molecule has 40 heavy (non-hydrogen) atoms. The van der Waals surface area contributed by atoms with Gasteiger partial charge < -0.3 is 10.2 Å². The van der Waals surface area contributed by atoms with E-state index in [9.17, 15) is 19.8 Å². The number of aliphatic carboxylic acids is 1. The van der Waals surface area contributed by atoms with Gasteiger partial charge in [0.2, 0.25) is 0 Å². The highest BCUT2D eigenvalue weighted by molar-refractivity contribution is 5.92. The highest BCUT2D eigenvalue weighted by Crippen LogP contribution is 2.36. The number of hydrogen-bond donors (Lipinski definition) is 2. The maximum absolute atomic E-state index is 12.3. The largest absolute Gasteiger partial charge is 0.481 e. The lowest BCUT2D eigenvalue weighted by Gasteiger charge is -2.30. The SMILES string of the molecule is CCCCCCCCCCCCCCCCCCC(Cc1cc(C(C)(C)C)c(C(=O)O)c(C(C)(C)C)c1)C(=O)O. The molecular weight excluding hydrogens is 496 g/mol. The minimum Gasteiger partial charge on any atom is -0.481 e. The van der Waals surface area contributed by atoms with Crippen LogP contribution in [0.1, 0.15) is 185 Å². The Morgan fingerprint density at radius 1 is 0.625 bits per heavy atom. The Hall–Kier alpha value is -1.84. The van der Waals surface area contributed by atoms with Crippen molar-refractivity contribution < 1.29 is 19.8 Å². The fourth-order valence-corrected chi connectivity index (χ4v) is 5.77. The maximum Gasteiger partial charge on any atom is 0.336 e. The summed E-state index contributed by atoms with van der Waals surface area (Å²) in [5, 5.41) is 20.0. The van der Waals surface area contributed by atoms with Gasteiger partial charge in [0.15, 0.2) is 0 Å². The molecule has 0 aliphatic heterocycles. The van der Waals surface area contributed by atoms with Crippen LogP contribution in [-0.2, 0) is 22.0 Å². The first-order chi connectivity index (χ1) is 18.8. The van der Waals surface area contributed by atoms with Crippen molar-refractivity contribution in [1.29, 1.82) is 0 Å². The number of benzene rings is 1. The molecule has 0 radical (unpaired) electrons. The molecule has 0 bridgehead atoms. The lowest BCUT2D eigenvalue weighted by molar-refractivity contribution is -0.142. The predicted octanol–water partition coefficient (Wildman–Crippen LogP) is 10.9. The lowest BCUT2D eigenvalue weighted by Crippen LogP contribution is -2.25. The van der Waals surface area contributed by atoms with E-state index >= 15 is 0 Å². The standard InChI is InChI=1S/C36H62O4/c1-8-9-10-11-12-13-14-15-16-17-18-19-20-21-22-23-24-29(33(37)38)25-28-26-30(35(2,3)4)32(34(39)40)31(27-28)36(5,6)7/h26-27,29H,8-25H2,1-7H3,(H,37,38)(H,39,40). The lowest BCUT2D eigenvalue weighted by atomic mass is 9.74. The average Bonchev–Trinajstić information content (AvgIpc) is 2.85. The molecule has 2 N–H and O–H groups in total. The van der Waals surface area contributed by atoms with Gasteiger partial charge in [-0.3, -0.25) is 4.79 Å². The van der Waals surface area contributed by atoms with E-state index in [1.165, 1.54) is 89.9 Å². The zero-order chi connectivity index (χ0) is 30.2. The molecule has 0 saturated heterocycles. The molecule has 1 unspecified atom stereocenters. The molecule has 0 amide bonds. The summed E-state index contributed by atoms with van der Waals surface area (Å²) in [7, 11) is 0. The normalized spacial score (nSPS) is 13.0. The minimum absolute atomic E-state index is 0.351. The van der Waals surface area contributed by atoms with Gasteiger partial charge in [-0.05, 0) is 40.4 Å². The van der Waals surface area contributed by atoms with Crippen LogP contribution < -0.4 is 0 Å². The topological polar surface area (TPSA) is 74.6 Å². The van der Waals surface area contributed by atoms with Crippen LogP contribution in [0.5, 0.6) is 0 Å². The van der Waals surface area contributed by atoms with Crippen molar-refractivity contribution in [2.45, 2.75) is 175 Å². The third-order valence-corrected chi connectivity index (χ3v) is 8.27. The highest BCUT2D eigenvalue weighted by Gasteiger charge is 2.30. The number of carboxylic acid groups (broad SMARTS) is 2. The van der Waals surface area contributed by atoms with E-state index in [0.29, 0.717) is 18.4 Å². The third kappa shape index (κ3) is 14.2. The van der Waals surface area contributed by atoms with E-state index in [0.717, 1.165) is 29.5 Å². The van der Waals surface area contributed by atoms with Crippen molar-refractivity contribution in [3.05, 3.63) is 34.4 Å². The third-order valence-electron chi connectivity index (χ3n) is 8.27. The van der Waals surface area contributed by atoms with Crippen LogP contribution in [0.25, 0.3) is 0 Å². The zero-order valence-corrected chi connectivity index (χ0v) is 27.2. The van der Waals surface area contributed by atoms with Gasteiger partial charge in [-0.2, -0.15) is 0 Å². The van der Waals surface area contributed by atoms with E-state index in [1.807, 2.05) is 53.7 Å². The van der Waals surface area contributed by atoms with Crippen molar-refractivity contribution in [3.8, 4) is 0 Å². The first kappa shape index (κ1) is 36.2. The van der Waals surface area contributed by atoms with Crippen LogP contribution in [0.3, 0.4) is 0 Å². The number of rotatable bonds is 21. The van der Waals surface area contributed by atoms with Crippen molar-refractivity contribution in [3.63, 3.8) is 0 Å². The molecule has 4 nitrogen and oxygen atoms in total. The summed E-state index contributed by atoms with van der Waals surface area (Å²) in [4.78, 5) is 24.4. The quantitative estimate of drug-likeness (QED) is 0.147. The maximum atomic E-state index is 12.3. The molecule has 0 aromatic heterocycles. The Labute approximate surface area is 246 Å². The fourth-order valence-electron chi connectivity index (χ4n) is 5.77. The average molecular weight is 559 g/mol. The summed E-state index contributed by atoms with van der Waals surface area (Å²) < 4.78 is 0. The molecule has 1 rings (SSSR count). The van der Waals surface area contributed by atoms with Crippen LogP contribution >= 0.6 is 0 Å². The Balaban J connectivity index is 2.48. The summed E-state index contributed by atoms with van der Waals surface area (Å²) in [6.07, 6.45) is 22.0. The number of hydrogen-bond acceptors (Lipinski definition) is 2. The highest BCUT2D eigenvalue weighted by atomic mass is 16.4. The zero-order valence-electron chi connectivity index (χ0n) is 27.2. The van der Waals surface area contributed by atoms with Crippen LogP contribution in [0, 0.1) is 5.92 Å². The molecule has 0 heterocycles. The van der Waals surface area contributed by atoms with Gasteiger partial charge in [0.05, 0.1) is 11.5 Å². The number of aromatic carboxylic acids is 1. The second-order valence-electron chi connectivity index (χ2n) is 14.2. The van der Waals surface area contributed by atoms with E-state index in [4.69, 9.17) is 0 Å². The Bertz CT molecular complexity index is 837. The molecule has 0 spiro atoms. The van der Waals surface area contributed by atoms with Crippen LogP contribution in [0.4, 0.5) is 0 Å². The molecule has 0 fully saturated rings. The number of unbranched alkanes of at least 4 members (excludes halogenated alkanes) is 15. The summed E-state index contributed by atoms with van der Waals surface area (Å²) in [6.45, 7) is 14.4. The van der Waals surface area contributed by atoms with E-state index in [-0.39, 0.29) is 10.8 Å². The summed E-state index contributed by atoms with van der Waals surface area (Å²) >= 11 is 0. The Kier molecular flexibility index (Phi) is 16.8. The van der Waals surface area contributed by atoms with E-state index in [1.54, 1.807) is 0 Å². The molecule has 1 aromatic carbocycles. The Morgan fingerprint density at radius 2 is 0.975 bits per heavy atom. The van der Waals surface area contributed by atoms with Gasteiger partial charge in [-0.25, -0.2) is 4.79 Å². The van der Waals surface area contributed by atoms with Crippen LogP contribution in [0.2, 0.25) is 0 Å². The van der Waals surface area contributed by atoms with Crippen molar-refractivity contribution in [2.24, 2.45) is 5.92 Å². The molecule has 1 atom stereocenters. The molecule has 4 heteroatoms. The first-order valence-corrected chi connectivity index (χ1v) is 16.4. The van der Waals surface area contributed by atoms with Gasteiger partial charge in [-0.1, -0.05) is 163 Å². The molecular formula is C36H62O4. The van der Waals surface area contributed by atoms with Gasteiger partial charge in [-0.15, -0.1) is 0 Å². The van der Waals surface area contributed by atoms with Crippen molar-refractivity contribution >= 4 is 11.9 Å². The van der Waals surface area contributed by atoms with Crippen LogP contribution in [-0.4, -0.2) is 22.2 Å². The molecule has 230 valence electrons. The molecule has 0 saturated carbocycles. The Morgan fingerprint density at radius 3 is 1.27 bits per heavy atom. The minimum atomic E-state index is -0.913. The first-order valence-electron chi connectivity index (χ1n) is 16.4. The molecule has 1 aromatic rings. The predicted molar refractivity (Wildman–Crippen MR) is 170 cm³/mol. The second-order valence-corrected chi connectivity index (χ2v) is 14.2. The van der Waals surface area contributed by atoms with E-state index in [2.05, 4.69) is 6.92 Å². The van der Waals surface area contributed by atoms with Gasteiger partial charge >= 0.3 is 11.9 Å². The van der Waals surface area contributed by atoms with Gasteiger partial charge in [0.25, 0.3) is 0 Å². The van der Waals surface area contributed by atoms with Gasteiger partial charge in [0.1, 0.15) is 0 Å². The smallest absolute Gasteiger partial charge is 0.336 e. The number of carboxylic acids is 2. The number of carbonyl (C=O) groups is 2. The fraction of sp³-hybridized carbons (Fsp3) is 0.778. The van der Waals surface area contributed by atoms with Crippen molar-refractivity contribution in [2.75, 3.05) is 0 Å². The molecule has 0 aliphatic carbocycles. The summed E-state index contributed by atoms with van der Waals surface area (Å²) in [5.74, 6) is -2.11. The summed E-state index contributed by atoms with van der Waals surface area (Å²) in [5.41, 5.74) is 2.17. The monoisotopic (exact) mass is 558 g/mol. The van der Waals surface area contributed by atoms with Gasteiger partial charge in [0, 0.05) is 0 Å². The van der Waals surface area contributed by atoms with Crippen LogP contribution in [0.15, 0.2) is 12.1 Å². The molecule has 0 aliphatic rings. The second kappa shape index (κ2) is 18.6.